The second-order valence-electron chi connectivity index (χ2n) is 5.86. The van der Waals surface area contributed by atoms with Crippen LogP contribution >= 0.6 is 0 Å². The maximum absolute atomic E-state index is 12.3. The lowest BCUT2D eigenvalue weighted by molar-refractivity contribution is -0.132. The first-order valence-electron chi connectivity index (χ1n) is 7.07. The Hall–Kier alpha value is -0.650. The molecule has 0 aromatic heterocycles. The van der Waals surface area contributed by atoms with Crippen LogP contribution in [0.2, 0.25) is 0 Å². The first-order valence-corrected chi connectivity index (χ1v) is 7.07. The SMILES string of the molecule is CC1CCCC(C(=O)NN2CCN(C)CC2)C1N. The molecule has 0 aromatic carbocycles. The molecule has 2 rings (SSSR count). The molecule has 1 saturated carbocycles. The van der Waals surface area contributed by atoms with Crippen molar-refractivity contribution in [1.29, 1.82) is 0 Å². The predicted molar refractivity (Wildman–Crippen MR) is 71.7 cm³/mol. The molecule has 5 heteroatoms. The maximum atomic E-state index is 12.3. The van der Waals surface area contributed by atoms with Crippen LogP contribution in [0.3, 0.4) is 0 Å². The molecule has 0 radical (unpaired) electrons. The van der Waals surface area contributed by atoms with Gasteiger partial charge in [-0.05, 0) is 25.8 Å². The second-order valence-corrected chi connectivity index (χ2v) is 5.86. The lowest BCUT2D eigenvalue weighted by atomic mass is 9.78. The van der Waals surface area contributed by atoms with E-state index in [4.69, 9.17) is 5.73 Å². The fourth-order valence-electron chi connectivity index (χ4n) is 2.90. The number of carbonyl (C=O) groups is 1. The number of rotatable bonds is 2. The van der Waals surface area contributed by atoms with Crippen molar-refractivity contribution in [2.75, 3.05) is 33.2 Å². The molecule has 1 saturated heterocycles. The monoisotopic (exact) mass is 254 g/mol. The van der Waals surface area contributed by atoms with E-state index in [1.807, 2.05) is 5.01 Å². The molecule has 3 unspecified atom stereocenters. The minimum absolute atomic E-state index is 0.00611. The third-order valence-electron chi connectivity index (χ3n) is 4.40. The maximum Gasteiger partial charge on any atom is 0.238 e. The van der Waals surface area contributed by atoms with Crippen molar-refractivity contribution >= 4 is 5.91 Å². The third-order valence-corrected chi connectivity index (χ3v) is 4.40. The van der Waals surface area contributed by atoms with E-state index in [0.717, 1.165) is 45.4 Å². The highest BCUT2D eigenvalue weighted by atomic mass is 16.2. The standard InChI is InChI=1S/C13H26N4O/c1-10-4-3-5-11(12(10)14)13(18)15-17-8-6-16(2)7-9-17/h10-12H,3-9,14H2,1-2H3,(H,15,18). The highest BCUT2D eigenvalue weighted by Crippen LogP contribution is 2.27. The van der Waals surface area contributed by atoms with Gasteiger partial charge in [0.15, 0.2) is 0 Å². The topological polar surface area (TPSA) is 61.6 Å². The summed E-state index contributed by atoms with van der Waals surface area (Å²) in [5, 5.41) is 2.04. The van der Waals surface area contributed by atoms with Crippen LogP contribution in [0.5, 0.6) is 0 Å². The Morgan fingerprint density at radius 2 is 1.89 bits per heavy atom. The quantitative estimate of drug-likeness (QED) is 0.730. The summed E-state index contributed by atoms with van der Waals surface area (Å²) >= 11 is 0. The summed E-state index contributed by atoms with van der Waals surface area (Å²) in [6, 6.07) is 0.0196. The normalized spacial score (nSPS) is 35.4. The molecule has 1 heterocycles. The van der Waals surface area contributed by atoms with Gasteiger partial charge < -0.3 is 10.6 Å². The minimum Gasteiger partial charge on any atom is -0.327 e. The molecular formula is C13H26N4O. The van der Waals surface area contributed by atoms with E-state index in [0.29, 0.717) is 5.92 Å². The largest absolute Gasteiger partial charge is 0.327 e. The van der Waals surface area contributed by atoms with Gasteiger partial charge in [0.2, 0.25) is 5.91 Å². The molecule has 18 heavy (non-hydrogen) atoms. The molecule has 1 amide bonds. The number of nitrogens with two attached hydrogens (primary N) is 1. The van der Waals surface area contributed by atoms with Crippen LogP contribution in [0, 0.1) is 11.8 Å². The zero-order valence-electron chi connectivity index (χ0n) is 11.6. The van der Waals surface area contributed by atoms with Gasteiger partial charge in [0.25, 0.3) is 0 Å². The summed E-state index contributed by atoms with van der Waals surface area (Å²) in [6.07, 6.45) is 3.21. The Morgan fingerprint density at radius 3 is 2.56 bits per heavy atom. The van der Waals surface area contributed by atoms with Crippen molar-refractivity contribution < 1.29 is 4.79 Å². The zero-order valence-corrected chi connectivity index (χ0v) is 11.6. The zero-order chi connectivity index (χ0) is 13.1. The van der Waals surface area contributed by atoms with E-state index in [1.54, 1.807) is 0 Å². The number of piperazine rings is 1. The summed E-state index contributed by atoms with van der Waals surface area (Å²) in [5.41, 5.74) is 9.21. The van der Waals surface area contributed by atoms with Gasteiger partial charge in [-0.25, -0.2) is 5.01 Å². The fraction of sp³-hybridized carbons (Fsp3) is 0.923. The van der Waals surface area contributed by atoms with Crippen LogP contribution < -0.4 is 11.2 Å². The van der Waals surface area contributed by atoms with Crippen molar-refractivity contribution in [3.8, 4) is 0 Å². The Morgan fingerprint density at radius 1 is 1.22 bits per heavy atom. The van der Waals surface area contributed by atoms with Gasteiger partial charge >= 0.3 is 0 Å². The lowest BCUT2D eigenvalue weighted by Gasteiger charge is -2.36. The van der Waals surface area contributed by atoms with Gasteiger partial charge in [-0.2, -0.15) is 0 Å². The Kier molecular flexibility index (Phi) is 4.59. The molecule has 5 nitrogen and oxygen atoms in total. The molecular weight excluding hydrogens is 228 g/mol. The molecule has 0 spiro atoms. The number of likely N-dealkylation sites (N-methyl/N-ethyl adjacent to an activating group) is 1. The average molecular weight is 254 g/mol. The molecule has 2 aliphatic rings. The second kappa shape index (κ2) is 5.99. The van der Waals surface area contributed by atoms with Crippen molar-refractivity contribution in [3.05, 3.63) is 0 Å². The van der Waals surface area contributed by atoms with E-state index in [-0.39, 0.29) is 17.9 Å². The Bertz CT molecular complexity index is 289. The van der Waals surface area contributed by atoms with Gasteiger partial charge in [0.1, 0.15) is 0 Å². The van der Waals surface area contributed by atoms with Crippen LogP contribution in [0.1, 0.15) is 26.2 Å². The van der Waals surface area contributed by atoms with Crippen molar-refractivity contribution in [1.82, 2.24) is 15.3 Å². The molecule has 104 valence electrons. The lowest BCUT2D eigenvalue weighted by Crippen LogP contribution is -2.56. The van der Waals surface area contributed by atoms with Crippen molar-refractivity contribution in [2.45, 2.75) is 32.2 Å². The highest BCUT2D eigenvalue weighted by molar-refractivity contribution is 5.79. The number of nitrogens with zero attached hydrogens (tertiary/aromatic N) is 2. The summed E-state index contributed by atoms with van der Waals surface area (Å²) < 4.78 is 0. The number of carbonyl (C=O) groups excluding carboxylic acids is 1. The van der Waals surface area contributed by atoms with Crippen LogP contribution in [0.15, 0.2) is 0 Å². The first kappa shape index (κ1) is 13.8. The van der Waals surface area contributed by atoms with Gasteiger partial charge in [-0.1, -0.05) is 13.3 Å². The minimum atomic E-state index is -0.00611. The third kappa shape index (κ3) is 3.22. The molecule has 1 aliphatic carbocycles. The molecule has 2 fully saturated rings. The van der Waals surface area contributed by atoms with Crippen molar-refractivity contribution in [3.63, 3.8) is 0 Å². The average Bonchev–Trinajstić information content (AvgIpc) is 2.35. The van der Waals surface area contributed by atoms with Gasteiger partial charge in [0.05, 0.1) is 5.92 Å². The van der Waals surface area contributed by atoms with Gasteiger partial charge in [-0.15, -0.1) is 0 Å². The summed E-state index contributed by atoms with van der Waals surface area (Å²) in [5.74, 6) is 0.578. The van der Waals surface area contributed by atoms with Crippen LogP contribution in [0.4, 0.5) is 0 Å². The smallest absolute Gasteiger partial charge is 0.238 e. The number of hydrazine groups is 1. The van der Waals surface area contributed by atoms with Crippen LogP contribution in [-0.2, 0) is 4.79 Å². The van der Waals surface area contributed by atoms with Crippen LogP contribution in [0.25, 0.3) is 0 Å². The summed E-state index contributed by atoms with van der Waals surface area (Å²) in [6.45, 7) is 5.97. The van der Waals surface area contributed by atoms with Crippen LogP contribution in [-0.4, -0.2) is 55.1 Å². The Labute approximate surface area is 110 Å². The van der Waals surface area contributed by atoms with E-state index >= 15 is 0 Å². The number of hydrogen-bond acceptors (Lipinski definition) is 4. The number of amides is 1. The van der Waals surface area contributed by atoms with E-state index in [1.165, 1.54) is 0 Å². The Balaban J connectivity index is 1.83. The molecule has 1 aliphatic heterocycles. The first-order chi connectivity index (χ1) is 8.58. The predicted octanol–water partition coefficient (Wildman–Crippen LogP) is 0.0285. The molecule has 3 N–H and O–H groups in total. The van der Waals surface area contributed by atoms with Gasteiger partial charge in [0, 0.05) is 32.2 Å². The molecule has 3 atom stereocenters. The van der Waals surface area contributed by atoms with E-state index in [2.05, 4.69) is 24.3 Å². The van der Waals surface area contributed by atoms with Gasteiger partial charge in [-0.3, -0.25) is 10.2 Å². The molecule has 0 aromatic rings. The molecule has 0 bridgehead atoms. The summed E-state index contributed by atoms with van der Waals surface area (Å²) in [4.78, 5) is 14.5. The van der Waals surface area contributed by atoms with Crippen molar-refractivity contribution in [2.24, 2.45) is 17.6 Å². The van der Waals surface area contributed by atoms with E-state index < -0.39 is 0 Å². The highest BCUT2D eigenvalue weighted by Gasteiger charge is 2.33. The summed E-state index contributed by atoms with van der Waals surface area (Å²) in [7, 11) is 2.11. The number of hydrogen-bond donors (Lipinski definition) is 2. The number of nitrogens with one attached hydrogen (secondary N) is 1. The fourth-order valence-corrected chi connectivity index (χ4v) is 2.90. The van der Waals surface area contributed by atoms with E-state index in [9.17, 15) is 4.79 Å².